The molecule has 1 fully saturated rings. The van der Waals surface area contributed by atoms with E-state index < -0.39 is 6.04 Å². The lowest BCUT2D eigenvalue weighted by atomic mass is 9.96. The lowest BCUT2D eigenvalue weighted by molar-refractivity contribution is -0.129. The van der Waals surface area contributed by atoms with Crippen molar-refractivity contribution >= 4 is 22.6 Å². The molecule has 3 aromatic carbocycles. The van der Waals surface area contributed by atoms with Crippen molar-refractivity contribution in [1.29, 1.82) is 0 Å². The molecule has 6 nitrogen and oxygen atoms in total. The van der Waals surface area contributed by atoms with E-state index in [1.54, 1.807) is 31.1 Å². The molecule has 4 rings (SSSR count). The van der Waals surface area contributed by atoms with E-state index in [0.717, 1.165) is 29.4 Å². The molecular formula is C25H27N3O3. The highest BCUT2D eigenvalue weighted by Crippen LogP contribution is 2.27. The number of benzene rings is 3. The van der Waals surface area contributed by atoms with E-state index in [0.29, 0.717) is 11.3 Å². The Kier molecular flexibility index (Phi) is 6.18. The van der Waals surface area contributed by atoms with Gasteiger partial charge in [-0.15, -0.1) is 0 Å². The molecule has 1 heterocycles. The average molecular weight is 418 g/mol. The van der Waals surface area contributed by atoms with Crippen molar-refractivity contribution in [3.05, 3.63) is 77.9 Å². The van der Waals surface area contributed by atoms with Gasteiger partial charge < -0.3 is 20.3 Å². The highest BCUT2D eigenvalue weighted by molar-refractivity contribution is 5.96. The Hall–Kier alpha value is -3.38. The van der Waals surface area contributed by atoms with Crippen molar-refractivity contribution in [2.24, 2.45) is 0 Å². The summed E-state index contributed by atoms with van der Waals surface area (Å²) in [7, 11) is 3.45. The molecule has 1 aliphatic heterocycles. The summed E-state index contributed by atoms with van der Waals surface area (Å²) in [5.41, 5.74) is 1.43. The smallest absolute Gasteiger partial charge is 0.251 e. The van der Waals surface area contributed by atoms with E-state index >= 15 is 0 Å². The van der Waals surface area contributed by atoms with Gasteiger partial charge in [0.15, 0.2) is 0 Å². The Morgan fingerprint density at radius 1 is 1.06 bits per heavy atom. The second kappa shape index (κ2) is 9.18. The zero-order chi connectivity index (χ0) is 21.8. The van der Waals surface area contributed by atoms with Crippen molar-refractivity contribution in [2.75, 3.05) is 27.2 Å². The summed E-state index contributed by atoms with van der Waals surface area (Å²) >= 11 is 0. The van der Waals surface area contributed by atoms with Crippen LogP contribution in [0.2, 0.25) is 0 Å². The molecule has 2 amide bonds. The van der Waals surface area contributed by atoms with Gasteiger partial charge in [-0.3, -0.25) is 9.59 Å². The van der Waals surface area contributed by atoms with Gasteiger partial charge in [-0.05, 0) is 34.5 Å². The number of nitrogens with zero attached hydrogens (tertiary/aromatic N) is 1. The van der Waals surface area contributed by atoms with Gasteiger partial charge in [0.1, 0.15) is 11.9 Å². The molecule has 1 atom stereocenters. The molecule has 0 aliphatic carbocycles. The molecule has 6 heteroatoms. The normalized spacial score (nSPS) is 14.5. The zero-order valence-corrected chi connectivity index (χ0v) is 17.8. The van der Waals surface area contributed by atoms with Gasteiger partial charge in [-0.2, -0.15) is 0 Å². The molecule has 0 saturated carbocycles. The molecule has 1 saturated heterocycles. The highest BCUT2D eigenvalue weighted by atomic mass is 16.5. The number of hydrogen-bond acceptors (Lipinski definition) is 4. The third-order valence-corrected chi connectivity index (χ3v) is 5.52. The lowest BCUT2D eigenvalue weighted by Crippen LogP contribution is -2.50. The largest absolute Gasteiger partial charge is 0.488 e. The van der Waals surface area contributed by atoms with Crippen molar-refractivity contribution < 1.29 is 14.3 Å². The van der Waals surface area contributed by atoms with Crippen LogP contribution in [0.5, 0.6) is 5.75 Å². The van der Waals surface area contributed by atoms with E-state index in [2.05, 4.69) is 10.6 Å². The van der Waals surface area contributed by atoms with Crippen LogP contribution in [0.1, 0.15) is 28.4 Å². The first-order valence-corrected chi connectivity index (χ1v) is 10.5. The zero-order valence-electron chi connectivity index (χ0n) is 17.8. The molecule has 2 N–H and O–H groups in total. The summed E-state index contributed by atoms with van der Waals surface area (Å²) < 4.78 is 5.88. The predicted octanol–water partition coefficient (Wildman–Crippen LogP) is 3.14. The molecule has 0 spiro atoms. The van der Waals surface area contributed by atoms with E-state index in [9.17, 15) is 9.59 Å². The van der Waals surface area contributed by atoms with Crippen molar-refractivity contribution in [1.82, 2.24) is 15.5 Å². The predicted molar refractivity (Wildman–Crippen MR) is 121 cm³/mol. The third kappa shape index (κ3) is 4.86. The van der Waals surface area contributed by atoms with Crippen LogP contribution in [0.15, 0.2) is 66.7 Å². The molecule has 0 aromatic heterocycles. The van der Waals surface area contributed by atoms with Crippen LogP contribution in [0, 0.1) is 0 Å². The van der Waals surface area contributed by atoms with Crippen LogP contribution < -0.4 is 15.4 Å². The second-order valence-electron chi connectivity index (χ2n) is 8.01. The van der Waals surface area contributed by atoms with Crippen LogP contribution in [0.3, 0.4) is 0 Å². The second-order valence-corrected chi connectivity index (χ2v) is 8.01. The van der Waals surface area contributed by atoms with Crippen LogP contribution in [-0.2, 0) is 4.79 Å². The average Bonchev–Trinajstić information content (AvgIpc) is 2.75. The van der Waals surface area contributed by atoms with Gasteiger partial charge in [0.2, 0.25) is 5.91 Å². The maximum atomic E-state index is 13.1. The standard InChI is InChI=1S/C25H27N3O3/c1-28(2)24(29)14-23(22-12-6-8-17-7-3-4-11-21(17)22)27-25(30)18-9-5-10-19(13-18)31-20-15-26-16-20/h3-13,20,23,26H,14-16H2,1-2H3,(H,27,30). The van der Waals surface area contributed by atoms with E-state index in [1.165, 1.54) is 0 Å². The quantitative estimate of drug-likeness (QED) is 0.620. The van der Waals surface area contributed by atoms with Crippen molar-refractivity contribution in [3.8, 4) is 5.75 Å². The number of carbonyl (C=O) groups is 2. The molecule has 3 aromatic rings. The minimum absolute atomic E-state index is 0.0483. The maximum Gasteiger partial charge on any atom is 0.251 e. The Morgan fingerprint density at radius 3 is 2.55 bits per heavy atom. The number of ether oxygens (including phenoxy) is 1. The van der Waals surface area contributed by atoms with Gasteiger partial charge in [0.25, 0.3) is 5.91 Å². The van der Waals surface area contributed by atoms with Gasteiger partial charge in [-0.25, -0.2) is 0 Å². The molecular weight excluding hydrogens is 390 g/mol. The van der Waals surface area contributed by atoms with Crippen molar-refractivity contribution in [2.45, 2.75) is 18.6 Å². The number of carbonyl (C=O) groups excluding carboxylic acids is 2. The first-order chi connectivity index (χ1) is 15.0. The first-order valence-electron chi connectivity index (χ1n) is 10.5. The van der Waals surface area contributed by atoms with Gasteiger partial charge in [-0.1, -0.05) is 48.5 Å². The number of fused-ring (bicyclic) bond motifs is 1. The summed E-state index contributed by atoms with van der Waals surface area (Å²) in [5.74, 6) is 0.389. The van der Waals surface area contributed by atoms with Crippen LogP contribution in [0.25, 0.3) is 10.8 Å². The maximum absolute atomic E-state index is 13.1. The number of rotatable bonds is 7. The summed E-state index contributed by atoms with van der Waals surface area (Å²) in [5, 5.41) is 8.34. The Labute approximate surface area is 182 Å². The molecule has 0 bridgehead atoms. The molecule has 0 radical (unpaired) electrons. The summed E-state index contributed by atoms with van der Waals surface area (Å²) in [6.07, 6.45) is 0.316. The van der Waals surface area contributed by atoms with E-state index in [1.807, 2.05) is 54.6 Å². The van der Waals surface area contributed by atoms with Gasteiger partial charge in [0, 0.05) is 32.7 Å². The monoisotopic (exact) mass is 417 g/mol. The molecule has 1 unspecified atom stereocenters. The van der Waals surface area contributed by atoms with Crippen LogP contribution in [0.4, 0.5) is 0 Å². The topological polar surface area (TPSA) is 70.7 Å². The molecule has 160 valence electrons. The van der Waals surface area contributed by atoms with Gasteiger partial charge >= 0.3 is 0 Å². The number of nitrogens with one attached hydrogen (secondary N) is 2. The fourth-order valence-electron chi connectivity index (χ4n) is 3.64. The number of hydrogen-bond donors (Lipinski definition) is 2. The minimum Gasteiger partial charge on any atom is -0.488 e. The van der Waals surface area contributed by atoms with Crippen LogP contribution in [-0.4, -0.2) is 50.0 Å². The summed E-state index contributed by atoms with van der Waals surface area (Å²) in [4.78, 5) is 27.2. The minimum atomic E-state index is -0.450. The van der Waals surface area contributed by atoms with Gasteiger partial charge in [0.05, 0.1) is 12.5 Å². The molecule has 1 aliphatic rings. The SMILES string of the molecule is CN(C)C(=O)CC(NC(=O)c1cccc(OC2CNC2)c1)c1cccc2ccccc12. The Balaban J connectivity index is 1.60. The van der Waals surface area contributed by atoms with Crippen LogP contribution >= 0.6 is 0 Å². The Morgan fingerprint density at radius 2 is 1.81 bits per heavy atom. The highest BCUT2D eigenvalue weighted by Gasteiger charge is 2.23. The summed E-state index contributed by atoms with van der Waals surface area (Å²) in [6.45, 7) is 1.62. The van der Waals surface area contributed by atoms with Crippen molar-refractivity contribution in [3.63, 3.8) is 0 Å². The lowest BCUT2D eigenvalue weighted by Gasteiger charge is -2.28. The summed E-state index contributed by atoms with van der Waals surface area (Å²) in [6, 6.07) is 20.7. The van der Waals surface area contributed by atoms with E-state index in [4.69, 9.17) is 4.74 Å². The number of amides is 2. The fourth-order valence-corrected chi connectivity index (χ4v) is 3.64. The fraction of sp³-hybridized carbons (Fsp3) is 0.280. The Bertz CT molecular complexity index is 1090. The van der Waals surface area contributed by atoms with E-state index in [-0.39, 0.29) is 24.3 Å². The molecule has 31 heavy (non-hydrogen) atoms. The third-order valence-electron chi connectivity index (χ3n) is 5.52. The first kappa shape index (κ1) is 20.9.